The Morgan fingerprint density at radius 3 is 2.05 bits per heavy atom. The fourth-order valence-corrected chi connectivity index (χ4v) is 2.14. The Bertz CT molecular complexity index is 551. The predicted molar refractivity (Wildman–Crippen MR) is 96.6 cm³/mol. The molecule has 0 aromatic heterocycles. The van der Waals surface area contributed by atoms with Crippen LogP contribution in [0.15, 0.2) is 12.1 Å². The number of rotatable bonds is 2. The summed E-state index contributed by atoms with van der Waals surface area (Å²) in [5, 5.41) is 11.0. The number of aromatic hydroxyl groups is 1. The average Bonchev–Trinajstić information content (AvgIpc) is 2.33. The van der Waals surface area contributed by atoms with Gasteiger partial charge in [-0.05, 0) is 40.2 Å². The van der Waals surface area contributed by atoms with Crippen molar-refractivity contribution >= 4 is 17.4 Å². The lowest BCUT2D eigenvalue weighted by Gasteiger charge is -2.27. The Morgan fingerprint density at radius 1 is 1.09 bits per heavy atom. The zero-order valence-electron chi connectivity index (χ0n) is 15.1. The van der Waals surface area contributed by atoms with Crippen molar-refractivity contribution in [3.8, 4) is 5.75 Å². The summed E-state index contributed by atoms with van der Waals surface area (Å²) in [4.78, 5) is 1.74. The summed E-state index contributed by atoms with van der Waals surface area (Å²) in [6.45, 7) is 13.1. The van der Waals surface area contributed by atoms with Gasteiger partial charge in [-0.15, -0.1) is 0 Å². The highest BCUT2D eigenvalue weighted by atomic mass is 32.1. The second kappa shape index (κ2) is 6.45. The number of phenols is 1. The third-order valence-electron chi connectivity index (χ3n) is 3.58. The Morgan fingerprint density at radius 2 is 1.64 bits per heavy atom. The van der Waals surface area contributed by atoms with E-state index in [0.717, 1.165) is 11.1 Å². The van der Waals surface area contributed by atoms with Crippen molar-refractivity contribution in [1.82, 2.24) is 4.90 Å². The van der Waals surface area contributed by atoms with E-state index in [9.17, 15) is 5.11 Å². The molecular formula is C18H29NO2S. The zero-order chi connectivity index (χ0) is 17.3. The van der Waals surface area contributed by atoms with Crippen molar-refractivity contribution in [2.24, 2.45) is 0 Å². The van der Waals surface area contributed by atoms with Crippen LogP contribution in [-0.4, -0.2) is 29.3 Å². The molecule has 1 N–H and O–H groups in total. The van der Waals surface area contributed by atoms with Crippen LogP contribution in [0.5, 0.6) is 5.75 Å². The minimum atomic E-state index is -0.137. The van der Waals surface area contributed by atoms with Crippen LogP contribution in [0, 0.1) is 0 Å². The summed E-state index contributed by atoms with van der Waals surface area (Å²) in [6, 6.07) is 4.12. The second-order valence-electron chi connectivity index (χ2n) is 7.98. The molecule has 0 radical (unpaired) electrons. The first-order valence-corrected chi connectivity index (χ1v) is 7.96. The van der Waals surface area contributed by atoms with Crippen LogP contribution >= 0.6 is 12.2 Å². The predicted octanol–water partition coefficient (Wildman–Crippen LogP) is 4.35. The monoisotopic (exact) mass is 323 g/mol. The molecule has 22 heavy (non-hydrogen) atoms. The van der Waals surface area contributed by atoms with E-state index < -0.39 is 0 Å². The van der Waals surface area contributed by atoms with E-state index in [2.05, 4.69) is 47.6 Å². The van der Waals surface area contributed by atoms with Crippen molar-refractivity contribution < 1.29 is 9.84 Å². The van der Waals surface area contributed by atoms with Gasteiger partial charge in [0.2, 0.25) is 0 Å². The molecule has 0 saturated heterocycles. The van der Waals surface area contributed by atoms with E-state index >= 15 is 0 Å². The maximum absolute atomic E-state index is 10.6. The van der Waals surface area contributed by atoms with Crippen LogP contribution in [-0.2, 0) is 22.2 Å². The van der Waals surface area contributed by atoms with Crippen LogP contribution in [0.1, 0.15) is 58.2 Å². The third-order valence-corrected chi connectivity index (χ3v) is 4.06. The van der Waals surface area contributed by atoms with Gasteiger partial charge in [0.25, 0.3) is 5.17 Å². The fourth-order valence-electron chi connectivity index (χ4n) is 2.08. The highest BCUT2D eigenvalue weighted by Crippen LogP contribution is 2.37. The molecule has 1 aromatic rings. The molecule has 0 fully saturated rings. The van der Waals surface area contributed by atoms with Gasteiger partial charge >= 0.3 is 0 Å². The lowest BCUT2D eigenvalue weighted by molar-refractivity contribution is 0.252. The Hall–Kier alpha value is -1.29. The molecule has 3 nitrogen and oxygen atoms in total. The highest BCUT2D eigenvalue weighted by molar-refractivity contribution is 7.80. The van der Waals surface area contributed by atoms with Gasteiger partial charge in [0.1, 0.15) is 12.4 Å². The van der Waals surface area contributed by atoms with Gasteiger partial charge in [0.15, 0.2) is 0 Å². The minimum Gasteiger partial charge on any atom is -0.507 e. The zero-order valence-corrected chi connectivity index (χ0v) is 15.9. The van der Waals surface area contributed by atoms with Crippen molar-refractivity contribution in [2.75, 3.05) is 14.1 Å². The van der Waals surface area contributed by atoms with Crippen LogP contribution in [0.25, 0.3) is 0 Å². The lowest BCUT2D eigenvalue weighted by atomic mass is 9.79. The maximum Gasteiger partial charge on any atom is 0.259 e. The summed E-state index contributed by atoms with van der Waals surface area (Å²) in [5.74, 6) is 0.307. The van der Waals surface area contributed by atoms with E-state index in [-0.39, 0.29) is 17.4 Å². The molecule has 0 unspecified atom stereocenters. The van der Waals surface area contributed by atoms with Crippen molar-refractivity contribution in [3.63, 3.8) is 0 Å². The molecule has 0 atom stereocenters. The van der Waals surface area contributed by atoms with E-state index in [0.29, 0.717) is 10.9 Å². The SMILES string of the molecule is CN(C)C(=S)OCc1cc(C(C)(C)C)cc(C(C)(C)C)c1O. The molecule has 1 aromatic carbocycles. The summed E-state index contributed by atoms with van der Waals surface area (Å²) < 4.78 is 5.60. The number of ether oxygens (including phenoxy) is 1. The van der Waals surface area contributed by atoms with Crippen molar-refractivity contribution in [3.05, 3.63) is 28.8 Å². The number of hydrogen-bond donors (Lipinski definition) is 1. The molecule has 0 bridgehead atoms. The quantitative estimate of drug-likeness (QED) is 0.820. The lowest BCUT2D eigenvalue weighted by Crippen LogP contribution is -2.23. The minimum absolute atomic E-state index is 0.00447. The van der Waals surface area contributed by atoms with Gasteiger partial charge in [-0.25, -0.2) is 0 Å². The fraction of sp³-hybridized carbons (Fsp3) is 0.611. The molecule has 4 heteroatoms. The van der Waals surface area contributed by atoms with E-state index in [1.165, 1.54) is 5.56 Å². The van der Waals surface area contributed by atoms with Gasteiger partial charge in [-0.2, -0.15) is 0 Å². The van der Waals surface area contributed by atoms with Gasteiger partial charge in [-0.1, -0.05) is 47.6 Å². The molecule has 0 heterocycles. The molecule has 0 aliphatic carbocycles. The first-order valence-electron chi connectivity index (χ1n) is 7.55. The summed E-state index contributed by atoms with van der Waals surface area (Å²) in [5.41, 5.74) is 2.77. The number of phenolic OH excluding ortho intramolecular Hbond substituents is 1. The van der Waals surface area contributed by atoms with E-state index in [1.807, 2.05) is 20.2 Å². The average molecular weight is 324 g/mol. The molecule has 0 amide bonds. The molecule has 0 saturated carbocycles. The first kappa shape index (κ1) is 18.8. The summed E-state index contributed by atoms with van der Waals surface area (Å²) in [6.07, 6.45) is 0. The van der Waals surface area contributed by atoms with Gasteiger partial charge in [-0.3, -0.25) is 0 Å². The Balaban J connectivity index is 3.29. The second-order valence-corrected chi connectivity index (χ2v) is 8.33. The number of hydrogen-bond acceptors (Lipinski definition) is 3. The Labute approximate surface area is 140 Å². The maximum atomic E-state index is 10.6. The van der Waals surface area contributed by atoms with Crippen LogP contribution in [0.2, 0.25) is 0 Å². The smallest absolute Gasteiger partial charge is 0.259 e. The van der Waals surface area contributed by atoms with Crippen LogP contribution < -0.4 is 0 Å². The summed E-state index contributed by atoms with van der Waals surface area (Å²) in [7, 11) is 3.68. The van der Waals surface area contributed by atoms with Gasteiger partial charge in [0, 0.05) is 19.7 Å². The Kier molecular flexibility index (Phi) is 5.50. The molecule has 0 aliphatic heterocycles. The van der Waals surface area contributed by atoms with Gasteiger partial charge < -0.3 is 14.7 Å². The molecule has 0 aliphatic rings. The topological polar surface area (TPSA) is 32.7 Å². The first-order chi connectivity index (χ1) is 9.84. The normalized spacial score (nSPS) is 12.2. The molecule has 0 spiro atoms. The summed E-state index contributed by atoms with van der Waals surface area (Å²) >= 11 is 5.16. The van der Waals surface area contributed by atoms with Gasteiger partial charge in [0.05, 0.1) is 0 Å². The highest BCUT2D eigenvalue weighted by Gasteiger charge is 2.25. The van der Waals surface area contributed by atoms with Crippen LogP contribution in [0.3, 0.4) is 0 Å². The molecule has 1 rings (SSSR count). The third kappa shape index (κ3) is 4.60. The molecule has 124 valence electrons. The van der Waals surface area contributed by atoms with E-state index in [4.69, 9.17) is 17.0 Å². The standard InChI is InChI=1S/C18H29NO2S/c1-17(2,3)13-9-12(11-21-16(22)19(7)8)15(20)14(10-13)18(4,5)6/h9-10,20H,11H2,1-8H3. The van der Waals surface area contributed by atoms with Crippen molar-refractivity contribution in [2.45, 2.75) is 59.0 Å². The number of thiocarbonyl (C=S) groups is 1. The van der Waals surface area contributed by atoms with E-state index in [1.54, 1.807) is 4.90 Å². The number of nitrogens with zero attached hydrogens (tertiary/aromatic N) is 1. The van der Waals surface area contributed by atoms with Crippen molar-refractivity contribution in [1.29, 1.82) is 0 Å². The molecular weight excluding hydrogens is 294 g/mol. The number of benzene rings is 1. The largest absolute Gasteiger partial charge is 0.507 e. The van der Waals surface area contributed by atoms with Crippen LogP contribution in [0.4, 0.5) is 0 Å².